The highest BCUT2D eigenvalue weighted by atomic mass is 35.5. The predicted octanol–water partition coefficient (Wildman–Crippen LogP) is 5.21. The SMILES string of the molecule is COC(=O)/C=C/c1c(-c2ccc(Cl)cc2)nn2c(-c3ccccc3)cc(C)nc12. The number of methoxy groups -OCH3 is 1. The van der Waals surface area contributed by atoms with E-state index in [2.05, 4.69) is 0 Å². The molecule has 4 rings (SSSR count). The highest BCUT2D eigenvalue weighted by Gasteiger charge is 2.17. The Morgan fingerprint density at radius 1 is 1.07 bits per heavy atom. The van der Waals surface area contributed by atoms with Gasteiger partial charge in [0.05, 0.1) is 12.8 Å². The van der Waals surface area contributed by atoms with Crippen LogP contribution in [-0.2, 0) is 9.53 Å². The second kappa shape index (κ2) is 7.89. The van der Waals surface area contributed by atoms with Gasteiger partial charge in [-0.1, -0.05) is 54.1 Å². The number of benzene rings is 2. The van der Waals surface area contributed by atoms with Crippen LogP contribution in [0.15, 0.2) is 66.7 Å². The fourth-order valence-corrected chi connectivity index (χ4v) is 3.29. The fourth-order valence-electron chi connectivity index (χ4n) is 3.16. The molecular weight excluding hydrogens is 386 g/mol. The summed E-state index contributed by atoms with van der Waals surface area (Å²) in [5.41, 5.74) is 5.77. The number of hydrogen-bond donors (Lipinski definition) is 0. The molecule has 4 aromatic rings. The zero-order chi connectivity index (χ0) is 20.4. The summed E-state index contributed by atoms with van der Waals surface area (Å²) in [6.07, 6.45) is 3.07. The van der Waals surface area contributed by atoms with Crippen molar-refractivity contribution in [2.45, 2.75) is 6.92 Å². The summed E-state index contributed by atoms with van der Waals surface area (Å²) in [6, 6.07) is 19.4. The molecule has 0 saturated heterocycles. The minimum atomic E-state index is -0.442. The van der Waals surface area contributed by atoms with Crippen LogP contribution in [0, 0.1) is 6.92 Å². The molecular formula is C23H18ClN3O2. The van der Waals surface area contributed by atoms with Crippen LogP contribution in [0.3, 0.4) is 0 Å². The van der Waals surface area contributed by atoms with E-state index < -0.39 is 5.97 Å². The van der Waals surface area contributed by atoms with Gasteiger partial charge in [-0.2, -0.15) is 5.10 Å². The van der Waals surface area contributed by atoms with Gasteiger partial charge >= 0.3 is 5.97 Å². The average molecular weight is 404 g/mol. The predicted molar refractivity (Wildman–Crippen MR) is 115 cm³/mol. The van der Waals surface area contributed by atoms with Crippen molar-refractivity contribution in [3.05, 3.63) is 83.0 Å². The molecule has 0 N–H and O–H groups in total. The average Bonchev–Trinajstić information content (AvgIpc) is 3.10. The van der Waals surface area contributed by atoms with Crippen LogP contribution in [0.4, 0.5) is 0 Å². The van der Waals surface area contributed by atoms with Gasteiger partial charge in [-0.15, -0.1) is 0 Å². The van der Waals surface area contributed by atoms with Crippen molar-refractivity contribution in [2.75, 3.05) is 7.11 Å². The number of ether oxygens (including phenoxy) is 1. The van der Waals surface area contributed by atoms with Crippen LogP contribution >= 0.6 is 11.6 Å². The van der Waals surface area contributed by atoms with Gasteiger partial charge in [0.15, 0.2) is 5.65 Å². The number of fused-ring (bicyclic) bond motifs is 1. The molecule has 2 aromatic carbocycles. The fraction of sp³-hybridized carbons (Fsp3) is 0.0870. The Morgan fingerprint density at radius 2 is 1.79 bits per heavy atom. The van der Waals surface area contributed by atoms with Crippen LogP contribution in [0.25, 0.3) is 34.2 Å². The summed E-state index contributed by atoms with van der Waals surface area (Å²) in [5.74, 6) is -0.442. The van der Waals surface area contributed by atoms with E-state index in [4.69, 9.17) is 26.4 Å². The molecule has 0 spiro atoms. The second-order valence-corrected chi connectivity index (χ2v) is 6.95. The first kappa shape index (κ1) is 18.9. The van der Waals surface area contributed by atoms with Crippen LogP contribution in [0.1, 0.15) is 11.3 Å². The largest absolute Gasteiger partial charge is 0.466 e. The number of aryl methyl sites for hydroxylation is 1. The lowest BCUT2D eigenvalue weighted by Crippen LogP contribution is -1.98. The van der Waals surface area contributed by atoms with Gasteiger partial charge < -0.3 is 4.74 Å². The van der Waals surface area contributed by atoms with Crippen LogP contribution in [0.5, 0.6) is 0 Å². The second-order valence-electron chi connectivity index (χ2n) is 6.51. The summed E-state index contributed by atoms with van der Waals surface area (Å²) >= 11 is 6.05. The van der Waals surface area contributed by atoms with E-state index in [0.717, 1.165) is 28.1 Å². The van der Waals surface area contributed by atoms with Crippen LogP contribution < -0.4 is 0 Å². The molecule has 2 heterocycles. The third kappa shape index (κ3) is 3.77. The molecule has 6 heteroatoms. The van der Waals surface area contributed by atoms with Crippen molar-refractivity contribution in [2.24, 2.45) is 0 Å². The van der Waals surface area contributed by atoms with E-state index in [-0.39, 0.29) is 0 Å². The molecule has 29 heavy (non-hydrogen) atoms. The maximum Gasteiger partial charge on any atom is 0.330 e. The molecule has 0 atom stereocenters. The topological polar surface area (TPSA) is 56.5 Å². The molecule has 2 aromatic heterocycles. The van der Waals surface area contributed by atoms with E-state index >= 15 is 0 Å². The van der Waals surface area contributed by atoms with Crippen LogP contribution in [0.2, 0.25) is 5.02 Å². The Bertz CT molecular complexity index is 1210. The van der Waals surface area contributed by atoms with Gasteiger partial charge in [0.25, 0.3) is 0 Å². The molecule has 0 radical (unpaired) electrons. The maximum atomic E-state index is 11.7. The first-order valence-corrected chi connectivity index (χ1v) is 9.42. The Balaban J connectivity index is 2.02. The first-order chi connectivity index (χ1) is 14.1. The van der Waals surface area contributed by atoms with Crippen molar-refractivity contribution >= 4 is 29.3 Å². The van der Waals surface area contributed by atoms with Crippen molar-refractivity contribution in [3.63, 3.8) is 0 Å². The quantitative estimate of drug-likeness (QED) is 0.346. The van der Waals surface area contributed by atoms with Crippen molar-refractivity contribution in [3.8, 4) is 22.5 Å². The zero-order valence-corrected chi connectivity index (χ0v) is 16.7. The third-order valence-electron chi connectivity index (χ3n) is 4.53. The Hall–Kier alpha value is -3.44. The lowest BCUT2D eigenvalue weighted by molar-refractivity contribution is -0.134. The summed E-state index contributed by atoms with van der Waals surface area (Å²) in [4.78, 5) is 16.4. The molecule has 144 valence electrons. The maximum absolute atomic E-state index is 11.7. The summed E-state index contributed by atoms with van der Waals surface area (Å²) < 4.78 is 6.56. The number of rotatable bonds is 4. The summed E-state index contributed by atoms with van der Waals surface area (Å²) in [6.45, 7) is 1.94. The van der Waals surface area contributed by atoms with E-state index in [1.54, 1.807) is 6.08 Å². The summed E-state index contributed by atoms with van der Waals surface area (Å²) in [7, 11) is 1.35. The zero-order valence-electron chi connectivity index (χ0n) is 16.0. The molecule has 0 aliphatic heterocycles. The van der Waals surface area contributed by atoms with Crippen molar-refractivity contribution in [1.29, 1.82) is 0 Å². The van der Waals surface area contributed by atoms with Gasteiger partial charge in [-0.25, -0.2) is 14.3 Å². The van der Waals surface area contributed by atoms with Crippen molar-refractivity contribution in [1.82, 2.24) is 14.6 Å². The lowest BCUT2D eigenvalue weighted by atomic mass is 10.1. The van der Waals surface area contributed by atoms with Crippen molar-refractivity contribution < 1.29 is 9.53 Å². The number of halogens is 1. The van der Waals surface area contributed by atoms with E-state index in [1.807, 2.05) is 72.1 Å². The number of aromatic nitrogens is 3. The number of hydrogen-bond acceptors (Lipinski definition) is 4. The van der Waals surface area contributed by atoms with Crippen LogP contribution in [-0.4, -0.2) is 27.7 Å². The monoisotopic (exact) mass is 403 g/mol. The standard InChI is InChI=1S/C23H18ClN3O2/c1-15-14-20(16-6-4-3-5-7-16)27-23(25-15)19(12-13-21(28)29-2)22(26-27)17-8-10-18(24)11-9-17/h3-14H,1-2H3/b13-12+. The molecule has 0 amide bonds. The molecule has 0 fully saturated rings. The molecule has 0 aliphatic rings. The highest BCUT2D eigenvalue weighted by Crippen LogP contribution is 2.31. The first-order valence-electron chi connectivity index (χ1n) is 9.04. The Labute approximate surface area is 173 Å². The van der Waals surface area contributed by atoms with E-state index in [1.165, 1.54) is 13.2 Å². The molecule has 5 nitrogen and oxygen atoms in total. The Morgan fingerprint density at radius 3 is 2.48 bits per heavy atom. The van der Waals surface area contributed by atoms with E-state index in [0.29, 0.717) is 16.4 Å². The van der Waals surface area contributed by atoms with Gasteiger partial charge in [-0.3, -0.25) is 0 Å². The number of carbonyl (C=O) groups excluding carboxylic acids is 1. The number of carbonyl (C=O) groups is 1. The summed E-state index contributed by atoms with van der Waals surface area (Å²) in [5, 5.41) is 5.48. The van der Waals surface area contributed by atoms with Gasteiger partial charge in [0.1, 0.15) is 5.69 Å². The van der Waals surface area contributed by atoms with E-state index in [9.17, 15) is 4.79 Å². The number of nitrogens with zero attached hydrogens (tertiary/aromatic N) is 3. The van der Waals surface area contributed by atoms with Gasteiger partial charge in [-0.05, 0) is 31.2 Å². The Kier molecular flexibility index (Phi) is 5.14. The highest BCUT2D eigenvalue weighted by molar-refractivity contribution is 6.30. The minimum absolute atomic E-state index is 0.442. The smallest absolute Gasteiger partial charge is 0.330 e. The lowest BCUT2D eigenvalue weighted by Gasteiger charge is -2.06. The third-order valence-corrected chi connectivity index (χ3v) is 4.78. The number of esters is 1. The van der Waals surface area contributed by atoms with Gasteiger partial charge in [0, 0.05) is 33.5 Å². The molecule has 0 aliphatic carbocycles. The van der Waals surface area contributed by atoms with Gasteiger partial charge in [0.2, 0.25) is 0 Å². The minimum Gasteiger partial charge on any atom is -0.466 e. The molecule has 0 saturated carbocycles. The normalized spacial score (nSPS) is 11.3. The molecule has 0 unspecified atom stereocenters. The molecule has 0 bridgehead atoms.